The highest BCUT2D eigenvalue weighted by Crippen LogP contribution is 2.38. The van der Waals surface area contributed by atoms with E-state index in [1.807, 2.05) is 32.0 Å². The summed E-state index contributed by atoms with van der Waals surface area (Å²) in [6, 6.07) is 10.2. The van der Waals surface area contributed by atoms with Crippen molar-refractivity contribution in [3.63, 3.8) is 0 Å². The minimum Gasteiger partial charge on any atom is -0.462 e. The number of carbonyl (C=O) groups is 1. The number of hydrogen-bond acceptors (Lipinski definition) is 3. The molecule has 1 aliphatic carbocycles. The SMILES string of the molecule is CC.O=C1C[C@H]2C[C@@H](OCc3ccccc3)C[C@H]2O1. The van der Waals surface area contributed by atoms with Crippen molar-refractivity contribution in [2.45, 2.75) is 51.9 Å². The Morgan fingerprint density at radius 3 is 2.63 bits per heavy atom. The Labute approximate surface area is 114 Å². The monoisotopic (exact) mass is 262 g/mol. The smallest absolute Gasteiger partial charge is 0.306 e. The molecule has 3 nitrogen and oxygen atoms in total. The van der Waals surface area contributed by atoms with Crippen LogP contribution in [0.5, 0.6) is 0 Å². The molecule has 1 saturated carbocycles. The van der Waals surface area contributed by atoms with E-state index in [2.05, 4.69) is 12.1 Å². The van der Waals surface area contributed by atoms with Crippen LogP contribution in [-0.2, 0) is 20.9 Å². The Kier molecular flexibility index (Phi) is 4.97. The van der Waals surface area contributed by atoms with Crippen LogP contribution in [0.15, 0.2) is 30.3 Å². The van der Waals surface area contributed by atoms with Crippen LogP contribution in [0, 0.1) is 5.92 Å². The molecule has 1 aliphatic heterocycles. The number of ether oxygens (including phenoxy) is 2. The first-order chi connectivity index (χ1) is 9.31. The standard InChI is InChI=1S/C14H16O3.C2H6/c15-14-7-11-6-12(8-13(11)17-14)16-9-10-4-2-1-3-5-10;1-2/h1-5,11-13H,6-9H2;1-2H3/t11-,12-,13-;/m1./s1. The summed E-state index contributed by atoms with van der Waals surface area (Å²) in [4.78, 5) is 11.1. The molecule has 19 heavy (non-hydrogen) atoms. The van der Waals surface area contributed by atoms with Crippen molar-refractivity contribution in [2.24, 2.45) is 5.92 Å². The third-order valence-electron chi connectivity index (χ3n) is 3.63. The zero-order valence-corrected chi connectivity index (χ0v) is 11.7. The molecule has 0 N–H and O–H groups in total. The summed E-state index contributed by atoms with van der Waals surface area (Å²) in [6.45, 7) is 4.65. The Balaban J connectivity index is 0.000000637. The van der Waals surface area contributed by atoms with E-state index in [0.29, 0.717) is 18.9 Å². The molecule has 0 bridgehead atoms. The number of rotatable bonds is 3. The predicted molar refractivity (Wildman–Crippen MR) is 73.6 cm³/mol. The average molecular weight is 262 g/mol. The van der Waals surface area contributed by atoms with Crippen molar-refractivity contribution < 1.29 is 14.3 Å². The maximum atomic E-state index is 11.1. The van der Waals surface area contributed by atoms with Crippen molar-refractivity contribution in [2.75, 3.05) is 0 Å². The molecule has 1 aromatic carbocycles. The fraction of sp³-hybridized carbons (Fsp3) is 0.562. The van der Waals surface area contributed by atoms with Crippen LogP contribution in [0.2, 0.25) is 0 Å². The van der Waals surface area contributed by atoms with Crippen LogP contribution < -0.4 is 0 Å². The maximum absolute atomic E-state index is 11.1. The molecule has 0 unspecified atom stereocenters. The molecule has 3 atom stereocenters. The lowest BCUT2D eigenvalue weighted by molar-refractivity contribution is -0.142. The summed E-state index contributed by atoms with van der Waals surface area (Å²) >= 11 is 0. The van der Waals surface area contributed by atoms with Gasteiger partial charge >= 0.3 is 5.97 Å². The normalized spacial score (nSPS) is 28.3. The van der Waals surface area contributed by atoms with Crippen LogP contribution in [0.25, 0.3) is 0 Å². The lowest BCUT2D eigenvalue weighted by Gasteiger charge is -2.12. The first-order valence-electron chi connectivity index (χ1n) is 7.16. The van der Waals surface area contributed by atoms with Gasteiger partial charge in [0.05, 0.1) is 19.1 Å². The molecule has 1 saturated heterocycles. The lowest BCUT2D eigenvalue weighted by Crippen LogP contribution is -2.13. The topological polar surface area (TPSA) is 35.5 Å². The second kappa shape index (κ2) is 6.71. The summed E-state index contributed by atoms with van der Waals surface area (Å²) < 4.78 is 11.1. The quantitative estimate of drug-likeness (QED) is 0.784. The van der Waals surface area contributed by atoms with Crippen molar-refractivity contribution in [1.29, 1.82) is 0 Å². The first kappa shape index (κ1) is 14.1. The summed E-state index contributed by atoms with van der Waals surface area (Å²) in [5, 5.41) is 0. The van der Waals surface area contributed by atoms with E-state index in [-0.39, 0.29) is 18.2 Å². The summed E-state index contributed by atoms with van der Waals surface area (Å²) in [7, 11) is 0. The fourth-order valence-electron chi connectivity index (χ4n) is 2.75. The van der Waals surface area contributed by atoms with E-state index < -0.39 is 0 Å². The van der Waals surface area contributed by atoms with Gasteiger partial charge < -0.3 is 9.47 Å². The number of carbonyl (C=O) groups excluding carboxylic acids is 1. The van der Waals surface area contributed by atoms with Gasteiger partial charge in [-0.1, -0.05) is 44.2 Å². The second-order valence-electron chi connectivity index (χ2n) is 4.88. The van der Waals surface area contributed by atoms with Crippen molar-refractivity contribution in [1.82, 2.24) is 0 Å². The highest BCUT2D eigenvalue weighted by Gasteiger charge is 2.43. The van der Waals surface area contributed by atoms with Crippen LogP contribution in [0.4, 0.5) is 0 Å². The summed E-state index contributed by atoms with van der Waals surface area (Å²) in [5.41, 5.74) is 1.20. The van der Waals surface area contributed by atoms with E-state index in [1.54, 1.807) is 0 Å². The minimum absolute atomic E-state index is 0.0403. The molecule has 104 valence electrons. The third kappa shape index (κ3) is 3.57. The molecule has 0 aromatic heterocycles. The second-order valence-corrected chi connectivity index (χ2v) is 4.88. The van der Waals surface area contributed by atoms with E-state index in [4.69, 9.17) is 9.47 Å². The van der Waals surface area contributed by atoms with Gasteiger partial charge in [-0.3, -0.25) is 4.79 Å². The predicted octanol–water partition coefficient (Wildman–Crippen LogP) is 3.32. The van der Waals surface area contributed by atoms with Gasteiger partial charge in [-0.2, -0.15) is 0 Å². The highest BCUT2D eigenvalue weighted by molar-refractivity contribution is 5.72. The van der Waals surface area contributed by atoms with Gasteiger partial charge in [0.2, 0.25) is 0 Å². The molecule has 3 heteroatoms. The van der Waals surface area contributed by atoms with Gasteiger partial charge in [-0.25, -0.2) is 0 Å². The van der Waals surface area contributed by atoms with Gasteiger partial charge in [0.15, 0.2) is 0 Å². The molecular formula is C16H22O3. The Hall–Kier alpha value is -1.35. The van der Waals surface area contributed by atoms with Crippen molar-refractivity contribution >= 4 is 5.97 Å². The average Bonchev–Trinajstić information content (AvgIpc) is 2.97. The largest absolute Gasteiger partial charge is 0.462 e. The van der Waals surface area contributed by atoms with Crippen LogP contribution >= 0.6 is 0 Å². The molecule has 2 aliphatic rings. The Morgan fingerprint density at radius 1 is 1.21 bits per heavy atom. The zero-order chi connectivity index (χ0) is 13.7. The number of esters is 1. The van der Waals surface area contributed by atoms with Gasteiger partial charge in [0, 0.05) is 12.3 Å². The van der Waals surface area contributed by atoms with Gasteiger partial charge in [0.25, 0.3) is 0 Å². The summed E-state index contributed by atoms with van der Waals surface area (Å²) in [5.74, 6) is 0.352. The van der Waals surface area contributed by atoms with Gasteiger partial charge in [-0.05, 0) is 12.0 Å². The van der Waals surface area contributed by atoms with E-state index in [0.717, 1.165) is 12.8 Å². The molecule has 1 aromatic rings. The zero-order valence-electron chi connectivity index (χ0n) is 11.7. The van der Waals surface area contributed by atoms with Gasteiger partial charge in [-0.15, -0.1) is 0 Å². The lowest BCUT2D eigenvalue weighted by atomic mass is 10.1. The van der Waals surface area contributed by atoms with Crippen LogP contribution in [0.1, 0.15) is 38.7 Å². The number of hydrogen-bond donors (Lipinski definition) is 0. The van der Waals surface area contributed by atoms with Crippen molar-refractivity contribution in [3.05, 3.63) is 35.9 Å². The molecule has 3 rings (SSSR count). The van der Waals surface area contributed by atoms with E-state index in [1.165, 1.54) is 5.56 Å². The van der Waals surface area contributed by atoms with E-state index >= 15 is 0 Å². The number of fused-ring (bicyclic) bond motifs is 1. The van der Waals surface area contributed by atoms with E-state index in [9.17, 15) is 4.79 Å². The highest BCUT2D eigenvalue weighted by atomic mass is 16.6. The fourth-order valence-corrected chi connectivity index (χ4v) is 2.75. The molecular weight excluding hydrogens is 240 g/mol. The minimum atomic E-state index is -0.0403. The first-order valence-corrected chi connectivity index (χ1v) is 7.16. The molecule has 0 radical (unpaired) electrons. The maximum Gasteiger partial charge on any atom is 0.306 e. The molecule has 0 spiro atoms. The summed E-state index contributed by atoms with van der Waals surface area (Å²) in [6.07, 6.45) is 2.77. The van der Waals surface area contributed by atoms with Crippen LogP contribution in [0.3, 0.4) is 0 Å². The number of benzene rings is 1. The van der Waals surface area contributed by atoms with Crippen molar-refractivity contribution in [3.8, 4) is 0 Å². The third-order valence-corrected chi connectivity index (χ3v) is 3.63. The Morgan fingerprint density at radius 2 is 1.95 bits per heavy atom. The van der Waals surface area contributed by atoms with Crippen LogP contribution in [-0.4, -0.2) is 18.2 Å². The molecule has 1 heterocycles. The molecule has 2 fully saturated rings. The molecule has 0 amide bonds. The Bertz CT molecular complexity index is 386. The van der Waals surface area contributed by atoms with Gasteiger partial charge in [0.1, 0.15) is 6.10 Å².